The van der Waals surface area contributed by atoms with Crippen LogP contribution < -0.4 is 0 Å². The molecule has 2 unspecified atom stereocenters. The zero-order chi connectivity index (χ0) is 15.0. The van der Waals surface area contributed by atoms with Gasteiger partial charge in [0.15, 0.2) is 0 Å². The number of carboxylic acids is 1. The molecule has 1 amide bonds. The molecule has 1 saturated heterocycles. The second-order valence-corrected chi connectivity index (χ2v) is 6.73. The van der Waals surface area contributed by atoms with Crippen LogP contribution >= 0.6 is 11.8 Å². The Labute approximate surface area is 122 Å². The number of thioether (sulfide) groups is 1. The van der Waals surface area contributed by atoms with Crippen molar-refractivity contribution in [3.05, 3.63) is 22.5 Å². The number of carbonyl (C=O) groups excluding carboxylic acids is 1. The molecule has 1 fully saturated rings. The summed E-state index contributed by atoms with van der Waals surface area (Å²) in [7, 11) is 0. The van der Waals surface area contributed by atoms with Gasteiger partial charge in [0.1, 0.15) is 5.69 Å². The quantitative estimate of drug-likeness (QED) is 0.878. The minimum absolute atomic E-state index is 0.0663. The molecule has 20 heavy (non-hydrogen) atoms. The van der Waals surface area contributed by atoms with E-state index in [1.54, 1.807) is 13.8 Å². The molecule has 2 atom stereocenters. The second kappa shape index (κ2) is 5.52. The van der Waals surface area contributed by atoms with Crippen LogP contribution in [0.1, 0.15) is 46.0 Å². The molecule has 6 heteroatoms. The third-order valence-corrected chi connectivity index (χ3v) is 5.35. The van der Waals surface area contributed by atoms with Crippen LogP contribution in [-0.2, 0) is 0 Å². The van der Waals surface area contributed by atoms with E-state index in [9.17, 15) is 9.59 Å². The summed E-state index contributed by atoms with van der Waals surface area (Å²) >= 11 is 1.87. The number of rotatable bonds is 2. The Morgan fingerprint density at radius 2 is 2.00 bits per heavy atom. The number of carboxylic acid groups (broad SMARTS) is 1. The molecule has 1 aliphatic rings. The first-order chi connectivity index (χ1) is 9.34. The SMILES string of the molecule is Cc1[nH]c(C(=O)O)c(C)c1C(=O)N1CCSC(C)C1C. The number of aromatic amines is 1. The van der Waals surface area contributed by atoms with E-state index in [1.165, 1.54) is 0 Å². The van der Waals surface area contributed by atoms with Gasteiger partial charge in [-0.15, -0.1) is 0 Å². The van der Waals surface area contributed by atoms with Crippen LogP contribution in [0, 0.1) is 13.8 Å². The van der Waals surface area contributed by atoms with Crippen LogP contribution in [0.3, 0.4) is 0 Å². The van der Waals surface area contributed by atoms with Crippen molar-refractivity contribution >= 4 is 23.6 Å². The summed E-state index contributed by atoms with van der Waals surface area (Å²) in [6, 6.07) is 0.156. The molecule has 0 aromatic carbocycles. The highest BCUT2D eigenvalue weighted by atomic mass is 32.2. The molecule has 110 valence electrons. The predicted molar refractivity (Wildman–Crippen MR) is 79.6 cm³/mol. The number of hydrogen-bond donors (Lipinski definition) is 2. The maximum Gasteiger partial charge on any atom is 0.352 e. The van der Waals surface area contributed by atoms with E-state index < -0.39 is 5.97 Å². The minimum Gasteiger partial charge on any atom is -0.477 e. The van der Waals surface area contributed by atoms with Gasteiger partial charge in [0.2, 0.25) is 0 Å². The molecule has 2 rings (SSSR count). The van der Waals surface area contributed by atoms with Crippen molar-refractivity contribution in [1.29, 1.82) is 0 Å². The summed E-state index contributed by atoms with van der Waals surface area (Å²) in [6.45, 7) is 8.31. The number of nitrogens with one attached hydrogen (secondary N) is 1. The van der Waals surface area contributed by atoms with Gasteiger partial charge in [-0.2, -0.15) is 11.8 Å². The van der Waals surface area contributed by atoms with Gasteiger partial charge in [0.05, 0.1) is 5.56 Å². The van der Waals surface area contributed by atoms with Gasteiger partial charge >= 0.3 is 5.97 Å². The molecule has 0 spiro atoms. The average Bonchev–Trinajstić information content (AvgIpc) is 2.68. The zero-order valence-corrected chi connectivity index (χ0v) is 13.0. The number of carbonyl (C=O) groups is 2. The monoisotopic (exact) mass is 296 g/mol. The highest BCUT2D eigenvalue weighted by Crippen LogP contribution is 2.28. The molecule has 1 aromatic heterocycles. The number of nitrogens with zero attached hydrogens (tertiary/aromatic N) is 1. The Morgan fingerprint density at radius 1 is 1.35 bits per heavy atom. The molecule has 5 nitrogen and oxygen atoms in total. The first-order valence-electron chi connectivity index (χ1n) is 6.69. The molecule has 1 aromatic rings. The normalized spacial score (nSPS) is 22.9. The van der Waals surface area contributed by atoms with Gasteiger partial charge in [-0.25, -0.2) is 4.79 Å². The van der Waals surface area contributed by atoms with Crippen LogP contribution in [0.15, 0.2) is 0 Å². The first kappa shape index (κ1) is 15.0. The molecule has 1 aliphatic heterocycles. The number of aromatic nitrogens is 1. The average molecular weight is 296 g/mol. The summed E-state index contributed by atoms with van der Waals surface area (Å²) < 4.78 is 0. The number of aryl methyl sites for hydroxylation is 1. The lowest BCUT2D eigenvalue weighted by molar-refractivity contribution is 0.0689. The summed E-state index contributed by atoms with van der Waals surface area (Å²) in [5.41, 5.74) is 1.77. The van der Waals surface area contributed by atoms with Gasteiger partial charge in [0, 0.05) is 29.3 Å². The second-order valence-electron chi connectivity index (χ2n) is 5.25. The Hall–Kier alpha value is -1.43. The summed E-state index contributed by atoms with van der Waals surface area (Å²) in [5.74, 6) is -0.172. The standard InChI is InChI=1S/C14H20N2O3S/c1-7-11(8(2)15-12(7)14(18)19)13(17)16-5-6-20-10(4)9(16)3/h9-10,15H,5-6H2,1-4H3,(H,18,19). The minimum atomic E-state index is -1.03. The van der Waals surface area contributed by atoms with Crippen molar-refractivity contribution in [2.45, 2.75) is 39.0 Å². The topological polar surface area (TPSA) is 73.4 Å². The summed E-state index contributed by atoms with van der Waals surface area (Å²) in [5, 5.41) is 9.52. The van der Waals surface area contributed by atoms with Gasteiger partial charge in [0.25, 0.3) is 5.91 Å². The highest BCUT2D eigenvalue weighted by Gasteiger charge is 2.32. The van der Waals surface area contributed by atoms with Gasteiger partial charge in [-0.3, -0.25) is 4.79 Å². The first-order valence-corrected chi connectivity index (χ1v) is 7.74. The van der Waals surface area contributed by atoms with Gasteiger partial charge < -0.3 is 15.0 Å². The van der Waals surface area contributed by atoms with E-state index in [1.807, 2.05) is 23.6 Å². The molecule has 0 radical (unpaired) electrons. The van der Waals surface area contributed by atoms with Crippen molar-refractivity contribution in [3.8, 4) is 0 Å². The predicted octanol–water partition coefficient (Wildman–Crippen LogP) is 2.30. The van der Waals surface area contributed by atoms with Crippen molar-refractivity contribution in [3.63, 3.8) is 0 Å². The van der Waals surface area contributed by atoms with Crippen LogP contribution in [-0.4, -0.2) is 50.5 Å². The number of hydrogen-bond acceptors (Lipinski definition) is 3. The third kappa shape index (κ3) is 2.44. The Kier molecular flexibility index (Phi) is 4.13. The summed E-state index contributed by atoms with van der Waals surface area (Å²) in [4.78, 5) is 28.5. The number of amides is 1. The van der Waals surface area contributed by atoms with Crippen LogP contribution in [0.5, 0.6) is 0 Å². The number of H-pyrrole nitrogens is 1. The lowest BCUT2D eigenvalue weighted by Gasteiger charge is -2.37. The van der Waals surface area contributed by atoms with E-state index in [4.69, 9.17) is 5.11 Å². The van der Waals surface area contributed by atoms with Crippen LogP contribution in [0.2, 0.25) is 0 Å². The Morgan fingerprint density at radius 3 is 2.55 bits per heavy atom. The van der Waals surface area contributed by atoms with E-state index >= 15 is 0 Å². The molecular formula is C14H20N2O3S. The van der Waals surface area contributed by atoms with E-state index in [0.717, 1.165) is 5.75 Å². The lowest BCUT2D eigenvalue weighted by Crippen LogP contribution is -2.48. The van der Waals surface area contributed by atoms with Gasteiger partial charge in [-0.05, 0) is 26.3 Å². The largest absolute Gasteiger partial charge is 0.477 e. The zero-order valence-electron chi connectivity index (χ0n) is 12.2. The van der Waals surface area contributed by atoms with Crippen molar-refractivity contribution in [2.24, 2.45) is 0 Å². The molecule has 0 bridgehead atoms. The molecule has 2 N–H and O–H groups in total. The van der Waals surface area contributed by atoms with Crippen molar-refractivity contribution in [1.82, 2.24) is 9.88 Å². The maximum absolute atomic E-state index is 12.7. The fourth-order valence-corrected chi connectivity index (χ4v) is 3.75. The fraction of sp³-hybridized carbons (Fsp3) is 0.571. The highest BCUT2D eigenvalue weighted by molar-refractivity contribution is 8.00. The summed E-state index contributed by atoms with van der Waals surface area (Å²) in [6.07, 6.45) is 0. The molecule has 0 aliphatic carbocycles. The van der Waals surface area contributed by atoms with Crippen molar-refractivity contribution in [2.75, 3.05) is 12.3 Å². The fourth-order valence-electron chi connectivity index (χ4n) is 2.65. The smallest absolute Gasteiger partial charge is 0.352 e. The molecular weight excluding hydrogens is 276 g/mol. The third-order valence-electron chi connectivity index (χ3n) is 4.01. The Balaban J connectivity index is 2.36. The number of aromatic carboxylic acids is 1. The molecule has 0 saturated carbocycles. The van der Waals surface area contributed by atoms with E-state index in [0.29, 0.717) is 28.6 Å². The van der Waals surface area contributed by atoms with Crippen LogP contribution in [0.25, 0.3) is 0 Å². The van der Waals surface area contributed by atoms with Crippen LogP contribution in [0.4, 0.5) is 0 Å². The lowest BCUT2D eigenvalue weighted by atomic mass is 10.1. The van der Waals surface area contributed by atoms with E-state index in [2.05, 4.69) is 11.9 Å². The molecule has 2 heterocycles. The maximum atomic E-state index is 12.7. The van der Waals surface area contributed by atoms with Crippen molar-refractivity contribution < 1.29 is 14.7 Å². The van der Waals surface area contributed by atoms with E-state index in [-0.39, 0.29) is 17.6 Å². The van der Waals surface area contributed by atoms with Gasteiger partial charge in [-0.1, -0.05) is 6.92 Å². The Bertz CT molecular complexity index is 553.